The van der Waals surface area contributed by atoms with E-state index in [-0.39, 0.29) is 18.1 Å². The molecular formula is C11H18N4O2. The standard InChI is InChI=1S/C11H18N4O2/c1-7-5-15(6-8(2)17-7)11(16)9-4-13-14(3)10(9)12/h4,7-8H,5-6,12H2,1-3H3/t7-,8+. The lowest BCUT2D eigenvalue weighted by Crippen LogP contribution is -2.48. The number of carbonyl (C=O) groups is 1. The van der Waals surface area contributed by atoms with Crippen LogP contribution in [-0.4, -0.2) is 45.9 Å². The van der Waals surface area contributed by atoms with Crippen LogP contribution in [0.15, 0.2) is 6.20 Å². The van der Waals surface area contributed by atoms with Crippen molar-refractivity contribution in [1.82, 2.24) is 14.7 Å². The Balaban J connectivity index is 2.17. The van der Waals surface area contributed by atoms with Gasteiger partial charge < -0.3 is 15.4 Å². The molecule has 1 fully saturated rings. The van der Waals surface area contributed by atoms with Gasteiger partial charge in [0.1, 0.15) is 11.4 Å². The van der Waals surface area contributed by atoms with Crippen molar-refractivity contribution in [3.05, 3.63) is 11.8 Å². The normalized spacial score (nSPS) is 25.0. The predicted octanol–water partition coefficient (Wildman–Crippen LogP) is 0.252. The lowest BCUT2D eigenvalue weighted by atomic mass is 10.2. The van der Waals surface area contributed by atoms with E-state index in [0.29, 0.717) is 24.5 Å². The van der Waals surface area contributed by atoms with Crippen LogP contribution in [0.25, 0.3) is 0 Å². The first kappa shape index (κ1) is 11.9. The number of carbonyl (C=O) groups excluding carboxylic acids is 1. The summed E-state index contributed by atoms with van der Waals surface area (Å²) >= 11 is 0. The van der Waals surface area contributed by atoms with Gasteiger partial charge in [-0.3, -0.25) is 9.48 Å². The number of anilines is 1. The van der Waals surface area contributed by atoms with Crippen molar-refractivity contribution in [2.45, 2.75) is 26.1 Å². The molecule has 0 saturated carbocycles. The van der Waals surface area contributed by atoms with Gasteiger partial charge in [-0.2, -0.15) is 5.10 Å². The zero-order chi connectivity index (χ0) is 12.6. The van der Waals surface area contributed by atoms with E-state index in [2.05, 4.69) is 5.10 Å². The average molecular weight is 238 g/mol. The second-order valence-corrected chi connectivity index (χ2v) is 4.53. The molecule has 0 aliphatic carbocycles. The number of nitrogens with zero attached hydrogens (tertiary/aromatic N) is 3. The van der Waals surface area contributed by atoms with Crippen LogP contribution in [0.4, 0.5) is 5.82 Å². The quantitative estimate of drug-likeness (QED) is 0.761. The molecule has 0 unspecified atom stereocenters. The van der Waals surface area contributed by atoms with Crippen LogP contribution in [0.1, 0.15) is 24.2 Å². The van der Waals surface area contributed by atoms with Gasteiger partial charge in [0.2, 0.25) is 0 Å². The fourth-order valence-electron chi connectivity index (χ4n) is 2.13. The Kier molecular flexibility index (Phi) is 3.06. The molecule has 6 nitrogen and oxygen atoms in total. The van der Waals surface area contributed by atoms with Gasteiger partial charge in [-0.1, -0.05) is 0 Å². The van der Waals surface area contributed by atoms with Crippen LogP contribution in [0.3, 0.4) is 0 Å². The number of hydrogen-bond acceptors (Lipinski definition) is 4. The maximum Gasteiger partial charge on any atom is 0.259 e. The second-order valence-electron chi connectivity index (χ2n) is 4.53. The number of hydrogen-bond donors (Lipinski definition) is 1. The van der Waals surface area contributed by atoms with Gasteiger partial charge in [0.05, 0.1) is 18.4 Å². The van der Waals surface area contributed by atoms with E-state index >= 15 is 0 Å². The molecule has 1 aliphatic heterocycles. The number of morpholine rings is 1. The Morgan fingerprint density at radius 2 is 2.06 bits per heavy atom. The summed E-state index contributed by atoms with van der Waals surface area (Å²) in [6, 6.07) is 0. The Morgan fingerprint density at radius 1 is 1.47 bits per heavy atom. The lowest BCUT2D eigenvalue weighted by molar-refractivity contribution is -0.0585. The summed E-state index contributed by atoms with van der Waals surface area (Å²) in [5, 5.41) is 3.98. The summed E-state index contributed by atoms with van der Waals surface area (Å²) in [4.78, 5) is 14.0. The van der Waals surface area contributed by atoms with Crippen LogP contribution in [0.2, 0.25) is 0 Å². The average Bonchev–Trinajstić information content (AvgIpc) is 2.57. The summed E-state index contributed by atoms with van der Waals surface area (Å²) in [5.41, 5.74) is 6.27. The molecule has 1 saturated heterocycles. The van der Waals surface area contributed by atoms with Gasteiger partial charge in [0, 0.05) is 20.1 Å². The maximum atomic E-state index is 12.3. The monoisotopic (exact) mass is 238 g/mol. The molecule has 1 amide bonds. The van der Waals surface area contributed by atoms with E-state index in [4.69, 9.17) is 10.5 Å². The molecule has 1 aromatic rings. The number of ether oxygens (including phenoxy) is 1. The van der Waals surface area contributed by atoms with Gasteiger partial charge in [-0.15, -0.1) is 0 Å². The van der Waals surface area contributed by atoms with Crippen molar-refractivity contribution in [2.75, 3.05) is 18.8 Å². The second kappa shape index (κ2) is 4.37. The van der Waals surface area contributed by atoms with Crippen LogP contribution in [0, 0.1) is 0 Å². The van der Waals surface area contributed by atoms with Crippen LogP contribution in [-0.2, 0) is 11.8 Å². The third kappa shape index (κ3) is 2.26. The van der Waals surface area contributed by atoms with Crippen molar-refractivity contribution in [1.29, 1.82) is 0 Å². The van der Waals surface area contributed by atoms with Crippen molar-refractivity contribution < 1.29 is 9.53 Å². The highest BCUT2D eigenvalue weighted by molar-refractivity contribution is 5.98. The summed E-state index contributed by atoms with van der Waals surface area (Å²) in [5.74, 6) is 0.333. The third-order valence-electron chi connectivity index (χ3n) is 2.92. The molecule has 0 radical (unpaired) electrons. The molecule has 1 aromatic heterocycles. The van der Waals surface area contributed by atoms with E-state index in [1.807, 2.05) is 13.8 Å². The van der Waals surface area contributed by atoms with Gasteiger partial charge >= 0.3 is 0 Å². The van der Waals surface area contributed by atoms with Gasteiger partial charge in [0.15, 0.2) is 0 Å². The number of aryl methyl sites for hydroxylation is 1. The molecule has 0 aromatic carbocycles. The first-order valence-electron chi connectivity index (χ1n) is 5.71. The number of nitrogens with two attached hydrogens (primary N) is 1. The van der Waals surface area contributed by atoms with E-state index in [1.54, 1.807) is 11.9 Å². The highest BCUT2D eigenvalue weighted by Crippen LogP contribution is 2.17. The molecule has 0 bridgehead atoms. The minimum Gasteiger partial charge on any atom is -0.383 e. The van der Waals surface area contributed by atoms with E-state index in [9.17, 15) is 4.79 Å². The lowest BCUT2D eigenvalue weighted by Gasteiger charge is -2.35. The number of nitrogen functional groups attached to an aromatic ring is 1. The fraction of sp³-hybridized carbons (Fsp3) is 0.636. The molecular weight excluding hydrogens is 220 g/mol. The SMILES string of the molecule is C[C@@H]1CN(C(=O)c2cnn(C)c2N)C[C@H](C)O1. The summed E-state index contributed by atoms with van der Waals surface area (Å²) < 4.78 is 7.09. The molecule has 2 atom stereocenters. The van der Waals surface area contributed by atoms with Crippen LogP contribution >= 0.6 is 0 Å². The molecule has 2 heterocycles. The Hall–Kier alpha value is -1.56. The van der Waals surface area contributed by atoms with Crippen molar-refractivity contribution in [3.63, 3.8) is 0 Å². The first-order chi connectivity index (χ1) is 7.99. The predicted molar refractivity (Wildman–Crippen MR) is 63.5 cm³/mol. The van der Waals surface area contributed by atoms with E-state index in [1.165, 1.54) is 10.9 Å². The summed E-state index contributed by atoms with van der Waals surface area (Å²) in [6.45, 7) is 5.11. The molecule has 0 spiro atoms. The van der Waals surface area contributed by atoms with Crippen molar-refractivity contribution in [2.24, 2.45) is 7.05 Å². The van der Waals surface area contributed by atoms with Gasteiger partial charge in [-0.05, 0) is 13.8 Å². The van der Waals surface area contributed by atoms with E-state index < -0.39 is 0 Å². The molecule has 6 heteroatoms. The largest absolute Gasteiger partial charge is 0.383 e. The Morgan fingerprint density at radius 3 is 2.53 bits per heavy atom. The highest BCUT2D eigenvalue weighted by atomic mass is 16.5. The summed E-state index contributed by atoms with van der Waals surface area (Å²) in [6.07, 6.45) is 1.63. The van der Waals surface area contributed by atoms with Crippen LogP contribution < -0.4 is 5.73 Å². The minimum absolute atomic E-state index is 0.0561. The highest BCUT2D eigenvalue weighted by Gasteiger charge is 2.28. The maximum absolute atomic E-state index is 12.3. The topological polar surface area (TPSA) is 73.4 Å². The van der Waals surface area contributed by atoms with Crippen LogP contribution in [0.5, 0.6) is 0 Å². The first-order valence-corrected chi connectivity index (χ1v) is 5.71. The molecule has 2 N–H and O–H groups in total. The molecule has 94 valence electrons. The summed E-state index contributed by atoms with van der Waals surface area (Å²) in [7, 11) is 1.72. The smallest absolute Gasteiger partial charge is 0.259 e. The molecule has 2 rings (SSSR count). The Labute approximate surface area is 100 Å². The number of amides is 1. The third-order valence-corrected chi connectivity index (χ3v) is 2.92. The molecule has 17 heavy (non-hydrogen) atoms. The zero-order valence-corrected chi connectivity index (χ0v) is 10.4. The molecule has 1 aliphatic rings. The van der Waals surface area contributed by atoms with Crippen molar-refractivity contribution >= 4 is 11.7 Å². The van der Waals surface area contributed by atoms with Gasteiger partial charge in [0.25, 0.3) is 5.91 Å². The Bertz CT molecular complexity index is 419. The fourth-order valence-corrected chi connectivity index (χ4v) is 2.13. The van der Waals surface area contributed by atoms with Gasteiger partial charge in [-0.25, -0.2) is 0 Å². The zero-order valence-electron chi connectivity index (χ0n) is 10.4. The number of aromatic nitrogens is 2. The minimum atomic E-state index is -0.0717. The van der Waals surface area contributed by atoms with Crippen molar-refractivity contribution in [3.8, 4) is 0 Å². The number of rotatable bonds is 1. The van der Waals surface area contributed by atoms with E-state index in [0.717, 1.165) is 0 Å².